The molecular formula is C29H33FN8O3. The number of amides is 1. The van der Waals surface area contributed by atoms with Crippen LogP contribution >= 0.6 is 0 Å². The summed E-state index contributed by atoms with van der Waals surface area (Å²) in [6, 6.07) is 4.98. The summed E-state index contributed by atoms with van der Waals surface area (Å²) >= 11 is 0. The van der Waals surface area contributed by atoms with Gasteiger partial charge >= 0.3 is 0 Å². The predicted octanol–water partition coefficient (Wildman–Crippen LogP) is 2.70. The molecule has 214 valence electrons. The molecule has 12 heteroatoms. The number of ether oxygens (including phenoxy) is 2. The van der Waals surface area contributed by atoms with Crippen molar-refractivity contribution in [2.75, 3.05) is 57.9 Å². The average Bonchev–Trinajstić information content (AvgIpc) is 3.46. The van der Waals surface area contributed by atoms with Gasteiger partial charge in [-0.15, -0.1) is 5.10 Å². The van der Waals surface area contributed by atoms with Crippen LogP contribution in [0.25, 0.3) is 22.7 Å². The number of carbonyl (C=O) groups is 1. The molecule has 1 amide bonds. The summed E-state index contributed by atoms with van der Waals surface area (Å²) in [5.74, 6) is 0.469. The SMILES string of the molecule is COc1cc2ncc(-c3cn(-c4cc(C(=O)NC5CC5)c(F)cc4C)nn3)n2cc1N1CCN(CC2COC2)CC1. The molecule has 0 bridgehead atoms. The van der Waals surface area contributed by atoms with Crippen LogP contribution in [-0.4, -0.2) is 94.3 Å². The van der Waals surface area contributed by atoms with E-state index in [1.165, 1.54) is 12.1 Å². The molecule has 3 aromatic heterocycles. The van der Waals surface area contributed by atoms with E-state index in [1.807, 2.05) is 10.5 Å². The monoisotopic (exact) mass is 560 g/mol. The molecule has 1 aliphatic carbocycles. The van der Waals surface area contributed by atoms with Gasteiger partial charge in [0.1, 0.15) is 22.9 Å². The highest BCUT2D eigenvalue weighted by Crippen LogP contribution is 2.33. The van der Waals surface area contributed by atoms with Crippen LogP contribution in [0, 0.1) is 18.7 Å². The maximum Gasteiger partial charge on any atom is 0.254 e. The van der Waals surface area contributed by atoms with Crippen molar-refractivity contribution in [3.8, 4) is 22.8 Å². The zero-order valence-electron chi connectivity index (χ0n) is 23.2. The molecule has 1 saturated carbocycles. The van der Waals surface area contributed by atoms with Gasteiger partial charge in [-0.05, 0) is 37.5 Å². The lowest BCUT2D eigenvalue weighted by Crippen LogP contribution is -2.50. The van der Waals surface area contributed by atoms with Gasteiger partial charge in [0.05, 0.1) is 55.3 Å². The molecule has 3 aliphatic rings. The molecule has 0 unspecified atom stereocenters. The number of rotatable bonds is 8. The Morgan fingerprint density at radius 1 is 1.12 bits per heavy atom. The number of halogens is 1. The molecule has 1 N–H and O–H groups in total. The minimum absolute atomic E-state index is 0.00204. The molecule has 0 radical (unpaired) electrons. The second-order valence-corrected chi connectivity index (χ2v) is 11.2. The number of piperazine rings is 1. The van der Waals surface area contributed by atoms with Crippen molar-refractivity contribution >= 4 is 17.2 Å². The maximum atomic E-state index is 14.7. The van der Waals surface area contributed by atoms with E-state index >= 15 is 0 Å². The standard InChI is InChI=1S/C29H33FN8O3/c1-18-9-22(30)21(29(39)32-20-3-4-20)10-24(18)38-14-23(33-34-38)25-12-31-28-11-27(40-2)26(15-37(25)28)36-7-5-35(6-8-36)13-19-16-41-17-19/h9-12,14-15,19-20H,3-8,13,16-17H2,1-2H3,(H,32,39). The highest BCUT2D eigenvalue weighted by atomic mass is 19.1. The van der Waals surface area contributed by atoms with Gasteiger partial charge in [0.2, 0.25) is 0 Å². The van der Waals surface area contributed by atoms with Crippen LogP contribution in [0.4, 0.5) is 10.1 Å². The van der Waals surface area contributed by atoms with E-state index in [-0.39, 0.29) is 11.6 Å². The fraction of sp³-hybridized carbons (Fsp3) is 0.448. The second-order valence-electron chi connectivity index (χ2n) is 11.2. The Bertz CT molecular complexity index is 1600. The number of imidazole rings is 1. The third kappa shape index (κ3) is 5.02. The number of nitrogens with one attached hydrogen (secondary N) is 1. The smallest absolute Gasteiger partial charge is 0.254 e. The van der Waals surface area contributed by atoms with Crippen LogP contribution < -0.4 is 15.0 Å². The molecule has 0 atom stereocenters. The summed E-state index contributed by atoms with van der Waals surface area (Å²) < 4.78 is 29.4. The highest BCUT2D eigenvalue weighted by molar-refractivity contribution is 5.95. The van der Waals surface area contributed by atoms with Gasteiger partial charge in [-0.1, -0.05) is 5.21 Å². The van der Waals surface area contributed by atoms with Gasteiger partial charge in [-0.25, -0.2) is 14.1 Å². The van der Waals surface area contributed by atoms with Crippen LogP contribution in [0.5, 0.6) is 5.75 Å². The van der Waals surface area contributed by atoms with E-state index in [2.05, 4.69) is 36.6 Å². The van der Waals surface area contributed by atoms with E-state index in [4.69, 9.17) is 9.47 Å². The van der Waals surface area contributed by atoms with E-state index in [9.17, 15) is 9.18 Å². The molecule has 2 saturated heterocycles. The maximum absolute atomic E-state index is 14.7. The summed E-state index contributed by atoms with van der Waals surface area (Å²) in [7, 11) is 1.68. The molecule has 11 nitrogen and oxygen atoms in total. The Kier molecular flexibility index (Phi) is 6.58. The van der Waals surface area contributed by atoms with E-state index in [0.717, 1.165) is 81.6 Å². The summed E-state index contributed by atoms with van der Waals surface area (Å²) in [5, 5.41) is 11.6. The van der Waals surface area contributed by atoms with Crippen LogP contribution in [0.15, 0.2) is 36.8 Å². The van der Waals surface area contributed by atoms with Crippen molar-refractivity contribution in [3.05, 3.63) is 53.7 Å². The number of pyridine rings is 1. The van der Waals surface area contributed by atoms with Gasteiger partial charge in [0, 0.05) is 56.9 Å². The minimum Gasteiger partial charge on any atom is -0.494 e. The highest BCUT2D eigenvalue weighted by Gasteiger charge is 2.27. The third-order valence-corrected chi connectivity index (χ3v) is 8.19. The lowest BCUT2D eigenvalue weighted by atomic mass is 10.1. The third-order valence-electron chi connectivity index (χ3n) is 8.19. The zero-order valence-corrected chi connectivity index (χ0v) is 23.2. The van der Waals surface area contributed by atoms with Crippen molar-refractivity contribution in [3.63, 3.8) is 0 Å². The van der Waals surface area contributed by atoms with Gasteiger partial charge in [-0.3, -0.25) is 14.1 Å². The first-order valence-corrected chi connectivity index (χ1v) is 14.1. The molecule has 4 aromatic rings. The van der Waals surface area contributed by atoms with Crippen LogP contribution in [0.2, 0.25) is 0 Å². The fourth-order valence-corrected chi connectivity index (χ4v) is 5.58. The van der Waals surface area contributed by atoms with Gasteiger partial charge < -0.3 is 19.7 Å². The first-order valence-electron chi connectivity index (χ1n) is 14.1. The van der Waals surface area contributed by atoms with Crippen LogP contribution in [0.1, 0.15) is 28.8 Å². The number of nitrogens with zero attached hydrogens (tertiary/aromatic N) is 7. The average molecular weight is 561 g/mol. The summed E-state index contributed by atoms with van der Waals surface area (Å²) in [4.78, 5) is 22.1. The normalized spacial score (nSPS) is 18.1. The second kappa shape index (κ2) is 10.4. The Balaban J connectivity index is 1.16. The van der Waals surface area contributed by atoms with Crippen molar-refractivity contribution < 1.29 is 18.7 Å². The summed E-state index contributed by atoms with van der Waals surface area (Å²) in [6.07, 6.45) is 7.45. The first-order chi connectivity index (χ1) is 20.0. The van der Waals surface area contributed by atoms with Crippen LogP contribution in [0.3, 0.4) is 0 Å². The number of methoxy groups -OCH3 is 1. The molecule has 0 spiro atoms. The number of hydrogen-bond donors (Lipinski definition) is 1. The van der Waals surface area contributed by atoms with Crippen molar-refractivity contribution in [1.82, 2.24) is 34.6 Å². The van der Waals surface area contributed by atoms with E-state index in [0.29, 0.717) is 22.9 Å². The number of fused-ring (bicyclic) bond motifs is 1. The predicted molar refractivity (Wildman–Crippen MR) is 150 cm³/mol. The lowest BCUT2D eigenvalue weighted by Gasteiger charge is -2.39. The number of aromatic nitrogens is 5. The molecular weight excluding hydrogens is 527 g/mol. The Morgan fingerprint density at radius 3 is 2.63 bits per heavy atom. The Hall–Kier alpha value is -4.03. The largest absolute Gasteiger partial charge is 0.494 e. The molecule has 1 aromatic carbocycles. The molecule has 3 fully saturated rings. The van der Waals surface area contributed by atoms with Gasteiger partial charge in [-0.2, -0.15) is 0 Å². The molecule has 5 heterocycles. The Labute approximate surface area is 236 Å². The van der Waals surface area contributed by atoms with Crippen LogP contribution in [-0.2, 0) is 4.74 Å². The minimum atomic E-state index is -0.550. The molecule has 7 rings (SSSR count). The van der Waals surface area contributed by atoms with Gasteiger partial charge in [0.15, 0.2) is 0 Å². The number of anilines is 1. The topological polar surface area (TPSA) is 102 Å². The quantitative estimate of drug-likeness (QED) is 0.351. The lowest BCUT2D eigenvalue weighted by molar-refractivity contribution is -0.0469. The van der Waals surface area contributed by atoms with Gasteiger partial charge in [0.25, 0.3) is 5.91 Å². The van der Waals surface area contributed by atoms with Crippen molar-refractivity contribution in [1.29, 1.82) is 0 Å². The van der Waals surface area contributed by atoms with Crippen molar-refractivity contribution in [2.45, 2.75) is 25.8 Å². The van der Waals surface area contributed by atoms with E-state index < -0.39 is 11.7 Å². The number of carbonyl (C=O) groups excluding carboxylic acids is 1. The zero-order chi connectivity index (χ0) is 28.1. The number of hydrogen-bond acceptors (Lipinski definition) is 8. The Morgan fingerprint density at radius 2 is 1.93 bits per heavy atom. The number of aryl methyl sites for hydroxylation is 1. The van der Waals surface area contributed by atoms with Crippen molar-refractivity contribution in [2.24, 2.45) is 5.92 Å². The summed E-state index contributed by atoms with van der Waals surface area (Å²) in [5.41, 5.74) is 4.35. The first kappa shape index (κ1) is 25.9. The summed E-state index contributed by atoms with van der Waals surface area (Å²) in [6.45, 7) is 8.39. The molecule has 41 heavy (non-hydrogen) atoms. The van der Waals surface area contributed by atoms with E-state index in [1.54, 1.807) is 31.1 Å². The fourth-order valence-electron chi connectivity index (χ4n) is 5.58. The number of benzene rings is 1. The molecule has 2 aliphatic heterocycles.